The molecule has 2 N–H and O–H groups in total. The van der Waals surface area contributed by atoms with Gasteiger partial charge in [0.25, 0.3) is 0 Å². The van der Waals surface area contributed by atoms with E-state index in [2.05, 4.69) is 9.97 Å². The van der Waals surface area contributed by atoms with E-state index in [1.807, 2.05) is 18.2 Å². The molecule has 0 spiro atoms. The van der Waals surface area contributed by atoms with Gasteiger partial charge in [-0.2, -0.15) is 0 Å². The van der Waals surface area contributed by atoms with Gasteiger partial charge in [-0.1, -0.05) is 18.3 Å². The summed E-state index contributed by atoms with van der Waals surface area (Å²) in [4.78, 5) is 8.49. The summed E-state index contributed by atoms with van der Waals surface area (Å²) in [6.07, 6.45) is 5.12. The Hall–Kier alpha value is -1.75. The second-order valence-corrected chi connectivity index (χ2v) is 3.11. The molecule has 0 bridgehead atoms. The fourth-order valence-corrected chi connectivity index (χ4v) is 1.32. The SMILES string of the molecule is NC(=S)c1nccn1-c1ccccn1. The van der Waals surface area contributed by atoms with Crippen LogP contribution in [0.25, 0.3) is 5.82 Å². The Labute approximate surface area is 86.4 Å². The molecule has 0 radical (unpaired) electrons. The molecule has 2 rings (SSSR count). The van der Waals surface area contributed by atoms with Crippen molar-refractivity contribution in [3.05, 3.63) is 42.6 Å². The summed E-state index contributed by atoms with van der Waals surface area (Å²) in [5.74, 6) is 1.31. The van der Waals surface area contributed by atoms with Gasteiger partial charge in [0.1, 0.15) is 10.8 Å². The Bertz CT molecular complexity index is 449. The molecule has 2 aromatic heterocycles. The van der Waals surface area contributed by atoms with Crippen LogP contribution >= 0.6 is 12.2 Å². The third-order valence-electron chi connectivity index (χ3n) is 1.76. The molecule has 70 valence electrons. The Kier molecular flexibility index (Phi) is 2.24. The van der Waals surface area contributed by atoms with Crippen molar-refractivity contribution in [2.45, 2.75) is 0 Å². The average Bonchev–Trinajstić information content (AvgIpc) is 2.67. The van der Waals surface area contributed by atoms with E-state index in [1.165, 1.54) is 0 Å². The zero-order valence-corrected chi connectivity index (χ0v) is 8.11. The standard InChI is InChI=1S/C9H8N4S/c10-8(14)9-12-5-6-13(9)7-3-1-2-4-11-7/h1-6H,(H2,10,14). The molecule has 0 aliphatic heterocycles. The highest BCUT2D eigenvalue weighted by Gasteiger charge is 2.06. The van der Waals surface area contributed by atoms with Crippen LogP contribution in [0.1, 0.15) is 5.82 Å². The fourth-order valence-electron chi connectivity index (χ4n) is 1.17. The average molecular weight is 204 g/mol. The van der Waals surface area contributed by atoms with E-state index in [9.17, 15) is 0 Å². The van der Waals surface area contributed by atoms with Crippen molar-refractivity contribution in [1.82, 2.24) is 14.5 Å². The zero-order valence-electron chi connectivity index (χ0n) is 7.29. The monoisotopic (exact) mass is 204 g/mol. The molecule has 0 aliphatic carbocycles. The topological polar surface area (TPSA) is 56.7 Å². The summed E-state index contributed by atoms with van der Waals surface area (Å²) in [5.41, 5.74) is 5.52. The highest BCUT2D eigenvalue weighted by molar-refractivity contribution is 7.80. The Balaban J connectivity index is 2.52. The van der Waals surface area contributed by atoms with Gasteiger partial charge in [0.05, 0.1) is 0 Å². The zero-order chi connectivity index (χ0) is 9.97. The molecule has 0 atom stereocenters. The number of rotatable bonds is 2. The van der Waals surface area contributed by atoms with Crippen LogP contribution in [0.15, 0.2) is 36.8 Å². The molecule has 0 fully saturated rings. The van der Waals surface area contributed by atoms with Crippen LogP contribution in [-0.2, 0) is 0 Å². The molecule has 0 saturated carbocycles. The van der Waals surface area contributed by atoms with E-state index >= 15 is 0 Å². The number of thiocarbonyl (C=S) groups is 1. The quantitative estimate of drug-likeness (QED) is 0.738. The highest BCUT2D eigenvalue weighted by atomic mass is 32.1. The predicted molar refractivity (Wildman–Crippen MR) is 57.2 cm³/mol. The van der Waals surface area contributed by atoms with Crippen molar-refractivity contribution >= 4 is 17.2 Å². The summed E-state index contributed by atoms with van der Waals surface area (Å²) in [7, 11) is 0. The lowest BCUT2D eigenvalue weighted by atomic mass is 10.4. The van der Waals surface area contributed by atoms with Crippen molar-refractivity contribution in [3.63, 3.8) is 0 Å². The first kappa shape index (κ1) is 8.83. The summed E-state index contributed by atoms with van der Waals surface area (Å²) < 4.78 is 1.75. The molecule has 0 aliphatic rings. The Morgan fingerprint density at radius 2 is 2.14 bits per heavy atom. The predicted octanol–water partition coefficient (Wildman–Crippen LogP) is 0.901. The maximum Gasteiger partial charge on any atom is 0.173 e. The van der Waals surface area contributed by atoms with Crippen molar-refractivity contribution in [2.24, 2.45) is 5.73 Å². The van der Waals surface area contributed by atoms with Crippen molar-refractivity contribution in [2.75, 3.05) is 0 Å². The molecular formula is C9H8N4S. The van der Waals surface area contributed by atoms with Crippen LogP contribution in [0.5, 0.6) is 0 Å². The fraction of sp³-hybridized carbons (Fsp3) is 0. The van der Waals surface area contributed by atoms with Gasteiger partial charge in [0.2, 0.25) is 0 Å². The van der Waals surface area contributed by atoms with E-state index in [4.69, 9.17) is 18.0 Å². The van der Waals surface area contributed by atoms with Crippen molar-refractivity contribution in [3.8, 4) is 5.82 Å². The number of nitrogens with two attached hydrogens (primary N) is 1. The summed E-state index contributed by atoms with van der Waals surface area (Å²) >= 11 is 4.87. The van der Waals surface area contributed by atoms with E-state index in [1.54, 1.807) is 23.2 Å². The minimum atomic E-state index is 0.264. The van der Waals surface area contributed by atoms with Gasteiger partial charge >= 0.3 is 0 Å². The van der Waals surface area contributed by atoms with Crippen LogP contribution in [0.4, 0.5) is 0 Å². The van der Waals surface area contributed by atoms with Gasteiger partial charge in [0.15, 0.2) is 5.82 Å². The first-order chi connectivity index (χ1) is 6.79. The van der Waals surface area contributed by atoms with Gasteiger partial charge in [-0.05, 0) is 12.1 Å². The minimum Gasteiger partial charge on any atom is -0.387 e. The van der Waals surface area contributed by atoms with Crippen LogP contribution in [0, 0.1) is 0 Å². The highest BCUT2D eigenvalue weighted by Crippen LogP contribution is 2.06. The number of imidazole rings is 1. The Morgan fingerprint density at radius 1 is 1.29 bits per heavy atom. The molecule has 4 nitrogen and oxygen atoms in total. The number of hydrogen-bond acceptors (Lipinski definition) is 3. The summed E-state index contributed by atoms with van der Waals surface area (Å²) in [5, 5.41) is 0. The molecule has 0 amide bonds. The van der Waals surface area contributed by atoms with Crippen molar-refractivity contribution < 1.29 is 0 Å². The van der Waals surface area contributed by atoms with Crippen LogP contribution in [-0.4, -0.2) is 19.5 Å². The smallest absolute Gasteiger partial charge is 0.173 e. The van der Waals surface area contributed by atoms with E-state index < -0.39 is 0 Å². The lowest BCUT2D eigenvalue weighted by Crippen LogP contribution is -2.16. The van der Waals surface area contributed by atoms with E-state index in [0.29, 0.717) is 5.82 Å². The van der Waals surface area contributed by atoms with Gasteiger partial charge in [-0.15, -0.1) is 0 Å². The van der Waals surface area contributed by atoms with Crippen LogP contribution in [0.2, 0.25) is 0 Å². The van der Waals surface area contributed by atoms with Crippen molar-refractivity contribution in [1.29, 1.82) is 0 Å². The molecule has 0 saturated heterocycles. The number of nitrogens with zero attached hydrogens (tertiary/aromatic N) is 3. The molecule has 2 aromatic rings. The molecule has 14 heavy (non-hydrogen) atoms. The van der Waals surface area contributed by atoms with Gasteiger partial charge < -0.3 is 5.73 Å². The maximum atomic E-state index is 5.52. The maximum absolute atomic E-state index is 5.52. The summed E-state index contributed by atoms with van der Waals surface area (Å²) in [6.45, 7) is 0. The first-order valence-electron chi connectivity index (χ1n) is 4.03. The lowest BCUT2D eigenvalue weighted by molar-refractivity contribution is 0.977. The molecular weight excluding hydrogens is 196 g/mol. The minimum absolute atomic E-state index is 0.264. The number of aromatic nitrogens is 3. The first-order valence-corrected chi connectivity index (χ1v) is 4.44. The molecule has 0 aromatic carbocycles. The van der Waals surface area contributed by atoms with Gasteiger partial charge in [-0.25, -0.2) is 9.97 Å². The van der Waals surface area contributed by atoms with Crippen LogP contribution in [0.3, 0.4) is 0 Å². The van der Waals surface area contributed by atoms with E-state index in [0.717, 1.165) is 5.82 Å². The second-order valence-electron chi connectivity index (χ2n) is 2.67. The normalized spacial score (nSPS) is 10.0. The molecule has 5 heteroatoms. The molecule has 2 heterocycles. The largest absolute Gasteiger partial charge is 0.387 e. The number of hydrogen-bond donors (Lipinski definition) is 1. The third-order valence-corrected chi connectivity index (χ3v) is 1.94. The van der Waals surface area contributed by atoms with Gasteiger partial charge in [-0.3, -0.25) is 4.57 Å². The number of pyridine rings is 1. The Morgan fingerprint density at radius 3 is 2.79 bits per heavy atom. The van der Waals surface area contributed by atoms with E-state index in [-0.39, 0.29) is 4.99 Å². The lowest BCUT2D eigenvalue weighted by Gasteiger charge is -2.04. The summed E-state index contributed by atoms with van der Waals surface area (Å²) in [6, 6.07) is 5.61. The molecule has 0 unspecified atom stereocenters. The van der Waals surface area contributed by atoms with Crippen LogP contribution < -0.4 is 5.73 Å². The third kappa shape index (κ3) is 1.49. The van der Waals surface area contributed by atoms with Gasteiger partial charge in [0, 0.05) is 18.6 Å². The second kappa shape index (κ2) is 3.55.